The zero-order chi connectivity index (χ0) is 19.5. The Hall–Kier alpha value is 2.87. The Bertz CT molecular complexity index is 217. The van der Waals surface area contributed by atoms with Crippen LogP contribution in [0.5, 0.6) is 0 Å². The smallest absolute Gasteiger partial charge is 0.395 e. The lowest BCUT2D eigenvalue weighted by atomic mass is 10.5. The lowest BCUT2D eigenvalue weighted by molar-refractivity contribution is 0.275. The molecule has 0 fully saturated rings. The lowest BCUT2D eigenvalue weighted by Gasteiger charge is -1.94. The van der Waals surface area contributed by atoms with E-state index in [1.165, 1.54) is 0 Å². The summed E-state index contributed by atoms with van der Waals surface area (Å²) in [7, 11) is -4.64. The van der Waals surface area contributed by atoms with Gasteiger partial charge in [0.15, 0.2) is 0 Å². The van der Waals surface area contributed by atoms with Crippen molar-refractivity contribution >= 4 is 103 Å². The fourth-order valence-corrected chi connectivity index (χ4v) is 0.761. The van der Waals surface area contributed by atoms with E-state index in [1.807, 2.05) is 0 Å². The first-order valence-corrected chi connectivity index (χ1v) is 13.3. The minimum absolute atomic E-state index is 0.200. The number of halogens is 6. The molecule has 3 atom stereocenters. The van der Waals surface area contributed by atoms with Gasteiger partial charge in [-0.3, -0.25) is 0 Å². The van der Waals surface area contributed by atoms with Gasteiger partial charge in [-0.05, 0) is 0 Å². The molecule has 0 aromatic carbocycles. The van der Waals surface area contributed by atoms with Crippen molar-refractivity contribution in [1.29, 1.82) is 0 Å². The summed E-state index contributed by atoms with van der Waals surface area (Å²) in [6, 6.07) is 0. The molecule has 0 saturated heterocycles. The summed E-state index contributed by atoms with van der Waals surface area (Å²) in [5.41, 5.74) is 0. The monoisotopic (exact) mass is 746 g/mol. The summed E-state index contributed by atoms with van der Waals surface area (Å²) in [6.45, 7) is 0.599. The van der Waals surface area contributed by atoms with E-state index in [-0.39, 0.29) is 34.3 Å². The predicted octanol–water partition coefficient (Wildman–Crippen LogP) is 2.48. The molecule has 0 spiro atoms. The Morgan fingerprint density at radius 1 is 0.652 bits per heavy atom. The number of aliphatic hydroxyl groups is 3. The van der Waals surface area contributed by atoms with Gasteiger partial charge in [-0.2, -0.15) is 0 Å². The molecule has 0 bridgehead atoms. The van der Waals surface area contributed by atoms with Gasteiger partial charge in [-0.1, -0.05) is 95.6 Å². The lowest BCUT2D eigenvalue weighted by Crippen LogP contribution is -2.03. The number of hydrogen-bond donors (Lipinski definition) is 6. The zero-order valence-corrected chi connectivity index (χ0v) is 22.2. The second kappa shape index (κ2) is 24.9. The van der Waals surface area contributed by atoms with Gasteiger partial charge in [0.1, 0.15) is 0 Å². The van der Waals surface area contributed by atoms with Crippen LogP contribution in [0.4, 0.5) is 0 Å². The standard InChI is InChI=1S/3C3H6Br2O.H3O4P/c3*4-1-3(5)2-6;1-5(2,3)4/h3*3,6H,1-2H2;(H3,1,2,3,4). The van der Waals surface area contributed by atoms with Crippen LogP contribution < -0.4 is 0 Å². The van der Waals surface area contributed by atoms with Crippen LogP contribution in [-0.4, -0.2) is 80.3 Å². The molecule has 0 aliphatic heterocycles. The highest BCUT2D eigenvalue weighted by Crippen LogP contribution is 2.25. The minimum atomic E-state index is -4.64. The maximum absolute atomic E-state index is 8.88. The maximum atomic E-state index is 8.88. The Kier molecular flexibility index (Phi) is 36.2. The molecule has 0 amide bonds. The average molecular weight is 752 g/mol. The number of hydrogen-bond acceptors (Lipinski definition) is 4. The van der Waals surface area contributed by atoms with Crippen LogP contribution in [0.3, 0.4) is 0 Å². The van der Waals surface area contributed by atoms with Gasteiger partial charge in [-0.15, -0.1) is 0 Å². The molecular formula is C9H21Br6O7P. The normalized spacial score (nSPS) is 13.9. The van der Waals surface area contributed by atoms with E-state index >= 15 is 0 Å². The van der Waals surface area contributed by atoms with Crippen LogP contribution in [0.1, 0.15) is 0 Å². The van der Waals surface area contributed by atoms with E-state index in [0.29, 0.717) is 0 Å². The van der Waals surface area contributed by atoms with Gasteiger partial charge in [0.05, 0.1) is 19.8 Å². The molecule has 23 heavy (non-hydrogen) atoms. The van der Waals surface area contributed by atoms with Crippen molar-refractivity contribution < 1.29 is 34.6 Å². The quantitative estimate of drug-likeness (QED) is 0.181. The number of rotatable bonds is 6. The topological polar surface area (TPSA) is 138 Å². The number of alkyl halides is 6. The van der Waals surface area contributed by atoms with Crippen molar-refractivity contribution in [2.24, 2.45) is 0 Å². The van der Waals surface area contributed by atoms with Crippen molar-refractivity contribution in [2.45, 2.75) is 14.5 Å². The average Bonchev–Trinajstić information content (AvgIpc) is 2.51. The van der Waals surface area contributed by atoms with E-state index in [4.69, 9.17) is 34.6 Å². The van der Waals surface area contributed by atoms with Crippen LogP contribution in [0.2, 0.25) is 0 Å². The Labute approximate surface area is 186 Å². The van der Waals surface area contributed by atoms with E-state index < -0.39 is 7.82 Å². The van der Waals surface area contributed by atoms with Crippen LogP contribution in [0.25, 0.3) is 0 Å². The molecule has 0 radical (unpaired) electrons. The van der Waals surface area contributed by atoms with E-state index in [2.05, 4.69) is 95.6 Å². The molecule has 14 heteroatoms. The van der Waals surface area contributed by atoms with Gasteiger partial charge >= 0.3 is 7.82 Å². The van der Waals surface area contributed by atoms with Gasteiger partial charge < -0.3 is 30.0 Å². The molecule has 0 saturated carbocycles. The number of phosphoric acid groups is 1. The molecule has 0 aliphatic rings. The molecule has 0 aromatic heterocycles. The SMILES string of the molecule is O=P(O)(O)O.OCC(Br)CBr.OCC(Br)CBr.OCC(Br)CBr. The fourth-order valence-electron chi connectivity index (χ4n) is 0.146. The van der Waals surface area contributed by atoms with Crippen LogP contribution in [0, 0.1) is 0 Å². The highest BCUT2D eigenvalue weighted by Gasteiger charge is 2.00. The zero-order valence-electron chi connectivity index (χ0n) is 11.8. The van der Waals surface area contributed by atoms with Crippen LogP contribution >= 0.6 is 103 Å². The van der Waals surface area contributed by atoms with Gasteiger partial charge in [0.2, 0.25) is 0 Å². The summed E-state index contributed by atoms with van der Waals surface area (Å²) in [6.07, 6.45) is 0. The van der Waals surface area contributed by atoms with Crippen molar-refractivity contribution in [1.82, 2.24) is 0 Å². The van der Waals surface area contributed by atoms with Crippen molar-refractivity contribution in [3.05, 3.63) is 0 Å². The Morgan fingerprint density at radius 2 is 0.783 bits per heavy atom. The molecule has 6 N–H and O–H groups in total. The summed E-state index contributed by atoms with van der Waals surface area (Å²) >= 11 is 19.0. The summed E-state index contributed by atoms with van der Waals surface area (Å²) in [4.78, 5) is 22.2. The number of aliphatic hydroxyl groups excluding tert-OH is 3. The van der Waals surface area contributed by atoms with Crippen molar-refractivity contribution in [3.63, 3.8) is 0 Å². The molecule has 0 aliphatic carbocycles. The third-order valence-electron chi connectivity index (χ3n) is 1.10. The summed E-state index contributed by atoms with van der Waals surface area (Å²) < 4.78 is 8.88. The van der Waals surface area contributed by atoms with Crippen molar-refractivity contribution in [3.8, 4) is 0 Å². The highest BCUT2D eigenvalue weighted by atomic mass is 79.9. The largest absolute Gasteiger partial charge is 0.466 e. The van der Waals surface area contributed by atoms with Gasteiger partial charge in [-0.25, -0.2) is 4.57 Å². The molecule has 7 nitrogen and oxygen atoms in total. The van der Waals surface area contributed by atoms with Crippen LogP contribution in [-0.2, 0) is 4.57 Å². The minimum Gasteiger partial charge on any atom is -0.395 e. The fraction of sp³-hybridized carbons (Fsp3) is 1.00. The molecule has 0 rings (SSSR count). The molecule has 146 valence electrons. The van der Waals surface area contributed by atoms with Crippen LogP contribution in [0.15, 0.2) is 0 Å². The van der Waals surface area contributed by atoms with Gasteiger partial charge in [0, 0.05) is 30.5 Å². The Balaban J connectivity index is -0.000000105. The van der Waals surface area contributed by atoms with Crippen molar-refractivity contribution in [2.75, 3.05) is 35.8 Å². The molecule has 0 aromatic rings. The maximum Gasteiger partial charge on any atom is 0.466 e. The Morgan fingerprint density at radius 3 is 0.783 bits per heavy atom. The van der Waals surface area contributed by atoms with Gasteiger partial charge in [0.25, 0.3) is 0 Å². The van der Waals surface area contributed by atoms with E-state index in [1.54, 1.807) is 0 Å². The second-order valence-electron chi connectivity index (χ2n) is 3.32. The highest BCUT2D eigenvalue weighted by molar-refractivity contribution is 9.12. The molecular weight excluding hydrogens is 730 g/mol. The first-order chi connectivity index (χ1) is 10.4. The molecule has 3 unspecified atom stereocenters. The first kappa shape index (κ1) is 33.5. The summed E-state index contributed by atoms with van der Waals surface area (Å²) in [5.74, 6) is 0. The molecule has 0 heterocycles. The van der Waals surface area contributed by atoms with E-state index in [9.17, 15) is 0 Å². The predicted molar refractivity (Wildman–Crippen MR) is 115 cm³/mol. The third-order valence-corrected chi connectivity index (χ3v) is 7.89. The first-order valence-electron chi connectivity index (χ1n) is 5.64. The third kappa shape index (κ3) is 58.8. The van der Waals surface area contributed by atoms with E-state index in [0.717, 1.165) is 16.0 Å². The summed E-state index contributed by atoms with van der Waals surface area (Å²) in [5, 5.41) is 27.2. The second-order valence-corrected chi connectivity index (χ2v) is 10.2.